The minimum Gasteiger partial charge on any atom is -0.481 e. The van der Waals surface area contributed by atoms with Crippen LogP contribution >= 0.6 is 0 Å². The second-order valence-corrected chi connectivity index (χ2v) is 4.78. The van der Waals surface area contributed by atoms with Crippen molar-refractivity contribution in [3.05, 3.63) is 0 Å². The zero-order valence-electron chi connectivity index (χ0n) is 11.6. The predicted molar refractivity (Wildman–Crippen MR) is 68.8 cm³/mol. The van der Waals surface area contributed by atoms with Crippen LogP contribution in [0.4, 0.5) is 4.79 Å². The maximum absolute atomic E-state index is 11.9. The van der Waals surface area contributed by atoms with Crippen LogP contribution in [0.1, 0.15) is 26.7 Å². The van der Waals surface area contributed by atoms with Crippen LogP contribution in [0.3, 0.4) is 0 Å². The third kappa shape index (κ3) is 3.46. The van der Waals surface area contributed by atoms with Gasteiger partial charge in [-0.1, -0.05) is 13.8 Å². The number of nitrogens with one attached hydrogen (secondary N) is 2. The van der Waals surface area contributed by atoms with Gasteiger partial charge in [0.2, 0.25) is 11.8 Å². The Morgan fingerprint density at radius 2 is 1.75 bits per heavy atom. The summed E-state index contributed by atoms with van der Waals surface area (Å²) in [5, 5.41) is 13.8. The number of carboxylic acid groups (broad SMARTS) is 1. The molecule has 0 atom stereocenters. The molecule has 8 heteroatoms. The summed E-state index contributed by atoms with van der Waals surface area (Å²) in [6.45, 7) is 3.01. The van der Waals surface area contributed by atoms with E-state index in [1.807, 2.05) is 0 Å². The Bertz CT molecular complexity index is 415. The molecule has 1 heterocycles. The van der Waals surface area contributed by atoms with E-state index in [1.54, 1.807) is 13.8 Å². The van der Waals surface area contributed by atoms with Crippen molar-refractivity contribution in [2.45, 2.75) is 26.7 Å². The van der Waals surface area contributed by atoms with E-state index in [1.165, 1.54) is 0 Å². The first-order chi connectivity index (χ1) is 9.34. The topological polar surface area (TPSA) is 116 Å². The Hall–Kier alpha value is -2.12. The Kier molecular flexibility index (Phi) is 5.06. The number of carbonyl (C=O) groups excluding carboxylic acids is 3. The lowest BCUT2D eigenvalue weighted by atomic mass is 9.82. The van der Waals surface area contributed by atoms with E-state index in [9.17, 15) is 24.3 Å². The molecule has 1 fully saturated rings. The molecule has 0 saturated carbocycles. The Morgan fingerprint density at radius 1 is 1.25 bits per heavy atom. The van der Waals surface area contributed by atoms with Gasteiger partial charge in [-0.2, -0.15) is 0 Å². The molecular weight excluding hydrogens is 266 g/mol. The third-order valence-corrected chi connectivity index (χ3v) is 3.62. The van der Waals surface area contributed by atoms with Gasteiger partial charge in [-0.15, -0.1) is 0 Å². The fraction of sp³-hybridized carbons (Fsp3) is 0.667. The number of nitrogens with zero attached hydrogens (tertiary/aromatic N) is 1. The number of imide groups is 1. The summed E-state index contributed by atoms with van der Waals surface area (Å²) in [7, 11) is 0. The number of piperazine rings is 1. The standard InChI is InChI=1S/C12H19N3O5/c1-3-12(4-2,10(18)19)7-13-11(20)15-5-8(16)14-9(17)6-15/h3-7H2,1-2H3,(H,13,20)(H,18,19)(H,14,16,17). The highest BCUT2D eigenvalue weighted by molar-refractivity contribution is 6.02. The van der Waals surface area contributed by atoms with Crippen molar-refractivity contribution in [2.24, 2.45) is 5.41 Å². The number of carboxylic acids is 1. The zero-order chi connectivity index (χ0) is 15.3. The molecule has 20 heavy (non-hydrogen) atoms. The van der Waals surface area contributed by atoms with E-state index in [-0.39, 0.29) is 19.6 Å². The predicted octanol–water partition coefficient (Wildman–Crippen LogP) is -0.455. The summed E-state index contributed by atoms with van der Waals surface area (Å²) in [5.41, 5.74) is -1.03. The second kappa shape index (κ2) is 6.36. The van der Waals surface area contributed by atoms with Gasteiger partial charge in [-0.25, -0.2) is 4.79 Å². The summed E-state index contributed by atoms with van der Waals surface area (Å²) in [6.07, 6.45) is 0.747. The van der Waals surface area contributed by atoms with Crippen LogP contribution < -0.4 is 10.6 Å². The van der Waals surface area contributed by atoms with Crippen molar-refractivity contribution < 1.29 is 24.3 Å². The average molecular weight is 285 g/mol. The average Bonchev–Trinajstić information content (AvgIpc) is 2.38. The number of hydrogen-bond donors (Lipinski definition) is 3. The number of carbonyl (C=O) groups is 4. The summed E-state index contributed by atoms with van der Waals surface area (Å²) in [4.78, 5) is 46.6. The molecule has 0 aromatic carbocycles. The van der Waals surface area contributed by atoms with Crippen molar-refractivity contribution >= 4 is 23.8 Å². The molecule has 1 aliphatic heterocycles. The SMILES string of the molecule is CCC(CC)(CNC(=O)N1CC(=O)NC(=O)C1)C(=O)O. The number of aliphatic carboxylic acids is 1. The normalized spacial score (nSPS) is 15.8. The van der Waals surface area contributed by atoms with E-state index in [0.717, 1.165) is 4.90 Å². The van der Waals surface area contributed by atoms with Gasteiger partial charge in [-0.05, 0) is 12.8 Å². The van der Waals surface area contributed by atoms with Crippen molar-refractivity contribution in [2.75, 3.05) is 19.6 Å². The Labute approximate surface area is 116 Å². The van der Waals surface area contributed by atoms with Gasteiger partial charge in [-0.3, -0.25) is 19.7 Å². The molecule has 8 nitrogen and oxygen atoms in total. The highest BCUT2D eigenvalue weighted by Crippen LogP contribution is 2.25. The fourth-order valence-corrected chi connectivity index (χ4v) is 2.02. The van der Waals surface area contributed by atoms with Crippen molar-refractivity contribution in [1.29, 1.82) is 0 Å². The molecule has 0 aromatic rings. The summed E-state index contributed by atoms with van der Waals surface area (Å²) < 4.78 is 0. The highest BCUT2D eigenvalue weighted by atomic mass is 16.4. The molecule has 0 bridgehead atoms. The smallest absolute Gasteiger partial charge is 0.318 e. The van der Waals surface area contributed by atoms with Crippen LogP contribution in [0.15, 0.2) is 0 Å². The van der Waals surface area contributed by atoms with E-state index >= 15 is 0 Å². The highest BCUT2D eigenvalue weighted by Gasteiger charge is 2.36. The molecule has 0 radical (unpaired) electrons. The number of urea groups is 1. The lowest BCUT2D eigenvalue weighted by Crippen LogP contribution is -2.57. The molecule has 0 spiro atoms. The van der Waals surface area contributed by atoms with E-state index < -0.39 is 29.2 Å². The fourth-order valence-electron chi connectivity index (χ4n) is 2.02. The first-order valence-electron chi connectivity index (χ1n) is 6.43. The van der Waals surface area contributed by atoms with Gasteiger partial charge >= 0.3 is 12.0 Å². The number of hydrogen-bond acceptors (Lipinski definition) is 4. The summed E-state index contributed by atoms with van der Waals surface area (Å²) in [6, 6.07) is -0.610. The molecule has 1 aliphatic rings. The van der Waals surface area contributed by atoms with Gasteiger partial charge in [0.25, 0.3) is 0 Å². The molecule has 0 aliphatic carbocycles. The van der Waals surface area contributed by atoms with E-state index in [4.69, 9.17) is 0 Å². The lowest BCUT2D eigenvalue weighted by molar-refractivity contribution is -0.149. The van der Waals surface area contributed by atoms with Crippen LogP contribution in [-0.4, -0.2) is 53.5 Å². The molecule has 0 aromatic heterocycles. The first-order valence-corrected chi connectivity index (χ1v) is 6.43. The number of amides is 4. The van der Waals surface area contributed by atoms with Gasteiger partial charge in [0, 0.05) is 6.54 Å². The van der Waals surface area contributed by atoms with Gasteiger partial charge in [0.1, 0.15) is 13.1 Å². The van der Waals surface area contributed by atoms with Crippen molar-refractivity contribution in [1.82, 2.24) is 15.5 Å². The van der Waals surface area contributed by atoms with Crippen molar-refractivity contribution in [3.8, 4) is 0 Å². The summed E-state index contributed by atoms with van der Waals surface area (Å²) in [5.74, 6) is -2.07. The molecule has 3 N–H and O–H groups in total. The molecule has 0 unspecified atom stereocenters. The van der Waals surface area contributed by atoms with Crippen LogP contribution in [0.25, 0.3) is 0 Å². The van der Waals surface area contributed by atoms with Crippen LogP contribution in [0.5, 0.6) is 0 Å². The van der Waals surface area contributed by atoms with Gasteiger partial charge in [0.15, 0.2) is 0 Å². The van der Waals surface area contributed by atoms with Crippen molar-refractivity contribution in [3.63, 3.8) is 0 Å². The van der Waals surface area contributed by atoms with Crippen LogP contribution in [0.2, 0.25) is 0 Å². The first kappa shape index (κ1) is 15.9. The van der Waals surface area contributed by atoms with Gasteiger partial charge < -0.3 is 15.3 Å². The van der Waals surface area contributed by atoms with Crippen LogP contribution in [-0.2, 0) is 14.4 Å². The van der Waals surface area contributed by atoms with Gasteiger partial charge in [0.05, 0.1) is 5.41 Å². The molecule has 1 saturated heterocycles. The van der Waals surface area contributed by atoms with Crippen LogP contribution in [0, 0.1) is 5.41 Å². The summed E-state index contributed by atoms with van der Waals surface area (Å²) >= 11 is 0. The molecular formula is C12H19N3O5. The minimum atomic E-state index is -1.03. The maximum atomic E-state index is 11.9. The Balaban J connectivity index is 2.64. The minimum absolute atomic E-state index is 0.0412. The second-order valence-electron chi connectivity index (χ2n) is 4.78. The largest absolute Gasteiger partial charge is 0.481 e. The molecule has 112 valence electrons. The monoisotopic (exact) mass is 285 g/mol. The molecule has 4 amide bonds. The molecule has 1 rings (SSSR count). The maximum Gasteiger partial charge on any atom is 0.318 e. The lowest BCUT2D eigenvalue weighted by Gasteiger charge is -2.30. The number of rotatable bonds is 5. The van der Waals surface area contributed by atoms with E-state index in [2.05, 4.69) is 10.6 Å². The van der Waals surface area contributed by atoms with E-state index in [0.29, 0.717) is 12.8 Å². The quantitative estimate of drug-likeness (QED) is 0.591. The zero-order valence-corrected chi connectivity index (χ0v) is 11.6. The Morgan fingerprint density at radius 3 is 2.15 bits per heavy atom. The third-order valence-electron chi connectivity index (χ3n) is 3.62.